The van der Waals surface area contributed by atoms with Crippen molar-refractivity contribution < 1.29 is 19.5 Å². The van der Waals surface area contributed by atoms with Crippen molar-refractivity contribution in [3.63, 3.8) is 0 Å². The van der Waals surface area contributed by atoms with Crippen molar-refractivity contribution in [1.29, 1.82) is 0 Å². The number of carboxylic acid groups (broad SMARTS) is 1. The number of piperazine rings is 1. The number of halogens is 1. The van der Waals surface area contributed by atoms with Gasteiger partial charge in [0.2, 0.25) is 0 Å². The van der Waals surface area contributed by atoms with Crippen molar-refractivity contribution in [3.8, 4) is 0 Å². The largest absolute Gasteiger partial charge is 0.480 e. The zero-order chi connectivity index (χ0) is 28.1. The van der Waals surface area contributed by atoms with Gasteiger partial charge >= 0.3 is 18.0 Å². The fraction of sp³-hybridized carbons (Fsp3) is 0.129. The Morgan fingerprint density at radius 1 is 0.650 bits per heavy atom. The summed E-state index contributed by atoms with van der Waals surface area (Å²) in [6, 6.07) is 32.0. The molecule has 0 spiro atoms. The van der Waals surface area contributed by atoms with Crippen LogP contribution in [0.2, 0.25) is 5.02 Å². The Morgan fingerprint density at radius 2 is 1.12 bits per heavy atom. The number of carbonyl (C=O) groups excluding carboxylic acids is 2. The smallest absolute Gasteiger partial charge is 0.329 e. The number of carboxylic acids is 1. The highest BCUT2D eigenvalue weighted by atomic mass is 35.5. The monoisotopic (exact) mass is 554 g/mol. The summed E-state index contributed by atoms with van der Waals surface area (Å²) < 4.78 is 0. The number of benzene rings is 4. The molecule has 40 heavy (non-hydrogen) atoms. The molecule has 1 N–H and O–H groups in total. The lowest BCUT2D eigenvalue weighted by Crippen LogP contribution is -2.62. The highest BCUT2D eigenvalue weighted by Gasteiger charge is 2.40. The van der Waals surface area contributed by atoms with Gasteiger partial charge in [-0.1, -0.05) is 72.3 Å². The average molecular weight is 555 g/mol. The van der Waals surface area contributed by atoms with Crippen LogP contribution in [-0.2, 0) is 4.79 Å². The van der Waals surface area contributed by atoms with Crippen LogP contribution in [0.25, 0.3) is 0 Å². The van der Waals surface area contributed by atoms with Gasteiger partial charge in [0, 0.05) is 18.1 Å². The Labute approximate surface area is 237 Å². The van der Waals surface area contributed by atoms with Crippen molar-refractivity contribution >= 4 is 52.4 Å². The number of amides is 4. The molecule has 8 nitrogen and oxygen atoms in total. The van der Waals surface area contributed by atoms with Gasteiger partial charge in [-0.2, -0.15) is 0 Å². The Balaban J connectivity index is 1.45. The normalized spacial score (nSPS) is 14.9. The molecular weight excluding hydrogens is 528 g/mol. The number of urea groups is 2. The highest BCUT2D eigenvalue weighted by molar-refractivity contribution is 6.31. The number of aliphatic carboxylic acids is 1. The first-order valence-corrected chi connectivity index (χ1v) is 13.1. The molecule has 1 aliphatic heterocycles. The zero-order valence-corrected chi connectivity index (χ0v) is 22.3. The topological polar surface area (TPSA) is 84.4 Å². The number of nitrogens with zero attached hydrogens (tertiary/aromatic N) is 4. The summed E-state index contributed by atoms with van der Waals surface area (Å²) in [7, 11) is 0. The fourth-order valence-corrected chi connectivity index (χ4v) is 4.94. The van der Waals surface area contributed by atoms with Crippen molar-refractivity contribution in [3.05, 3.63) is 120 Å². The van der Waals surface area contributed by atoms with E-state index in [2.05, 4.69) is 0 Å². The molecule has 1 saturated heterocycles. The Morgan fingerprint density at radius 3 is 1.60 bits per heavy atom. The number of hydrogen-bond donors (Lipinski definition) is 1. The lowest BCUT2D eigenvalue weighted by Gasteiger charge is -2.42. The van der Waals surface area contributed by atoms with Gasteiger partial charge in [-0.3, -0.25) is 9.80 Å². The molecule has 1 atom stereocenters. The van der Waals surface area contributed by atoms with Crippen LogP contribution in [0.15, 0.2) is 115 Å². The average Bonchev–Trinajstić information content (AvgIpc) is 2.99. The summed E-state index contributed by atoms with van der Waals surface area (Å²) in [5, 5.41) is 10.7. The quantitative estimate of drug-likeness (QED) is 0.300. The van der Waals surface area contributed by atoms with Crippen molar-refractivity contribution in [1.82, 2.24) is 9.80 Å². The van der Waals surface area contributed by atoms with Crippen LogP contribution in [0, 0.1) is 0 Å². The number of anilines is 4. The Bertz CT molecular complexity index is 1450. The van der Waals surface area contributed by atoms with E-state index in [0.717, 1.165) is 0 Å². The fourth-order valence-electron chi connectivity index (χ4n) is 4.75. The molecule has 0 bridgehead atoms. The van der Waals surface area contributed by atoms with Crippen LogP contribution >= 0.6 is 11.6 Å². The molecule has 0 aliphatic carbocycles. The second-order valence-electron chi connectivity index (χ2n) is 9.22. The van der Waals surface area contributed by atoms with Gasteiger partial charge in [-0.25, -0.2) is 14.4 Å². The first kappa shape index (κ1) is 26.8. The van der Waals surface area contributed by atoms with Crippen LogP contribution in [0.1, 0.15) is 0 Å². The lowest BCUT2D eigenvalue weighted by atomic mass is 10.1. The summed E-state index contributed by atoms with van der Waals surface area (Å²) in [5.74, 6) is -1.20. The van der Waals surface area contributed by atoms with E-state index in [-0.39, 0.29) is 25.7 Å². The molecule has 5 rings (SSSR count). The summed E-state index contributed by atoms with van der Waals surface area (Å²) in [6.45, 7) is 0.0137. The minimum Gasteiger partial charge on any atom is -0.480 e. The van der Waals surface area contributed by atoms with Crippen LogP contribution < -0.4 is 9.80 Å². The maximum absolute atomic E-state index is 14.0. The molecule has 0 aromatic heterocycles. The van der Waals surface area contributed by atoms with Crippen LogP contribution in [0.5, 0.6) is 0 Å². The predicted octanol–water partition coefficient (Wildman–Crippen LogP) is 6.63. The summed E-state index contributed by atoms with van der Waals surface area (Å²) >= 11 is 6.24. The van der Waals surface area contributed by atoms with E-state index in [4.69, 9.17) is 11.6 Å². The van der Waals surface area contributed by atoms with Gasteiger partial charge in [0.25, 0.3) is 0 Å². The zero-order valence-electron chi connectivity index (χ0n) is 21.5. The lowest BCUT2D eigenvalue weighted by molar-refractivity contribution is -0.143. The molecule has 1 unspecified atom stereocenters. The van der Waals surface area contributed by atoms with Gasteiger partial charge in [0.05, 0.1) is 29.3 Å². The third-order valence-electron chi connectivity index (χ3n) is 6.67. The van der Waals surface area contributed by atoms with Crippen LogP contribution in [0.3, 0.4) is 0 Å². The Hall–Kier alpha value is -4.82. The minimum atomic E-state index is -1.26. The summed E-state index contributed by atoms with van der Waals surface area (Å²) in [6.07, 6.45) is 0. The van der Waals surface area contributed by atoms with Gasteiger partial charge in [0.15, 0.2) is 0 Å². The van der Waals surface area contributed by atoms with Crippen molar-refractivity contribution in [2.75, 3.05) is 29.4 Å². The van der Waals surface area contributed by atoms with Crippen molar-refractivity contribution in [2.45, 2.75) is 6.04 Å². The SMILES string of the molecule is O=C(O)C1CN(C(=O)N(c2ccccc2)c2ccccc2)CCN1C(=O)N(c1ccccc1)c1cccc(Cl)c1. The first-order chi connectivity index (χ1) is 19.4. The molecule has 4 aromatic rings. The minimum absolute atomic E-state index is 0.0306. The van der Waals surface area contributed by atoms with Crippen LogP contribution in [-0.4, -0.2) is 58.6 Å². The molecular formula is C31H27ClN4O4. The maximum Gasteiger partial charge on any atom is 0.329 e. The standard InChI is InChI=1S/C31H27ClN4O4/c32-23-11-10-18-27(21-23)36(26-16-8-3-9-17-26)31(40)34-20-19-33(22-28(34)29(37)38)30(39)35(24-12-4-1-5-13-24)25-14-6-2-7-15-25/h1-18,21,28H,19-20,22H2,(H,37,38). The highest BCUT2D eigenvalue weighted by Crippen LogP contribution is 2.31. The molecule has 4 amide bonds. The molecule has 1 fully saturated rings. The summed E-state index contributed by atoms with van der Waals surface area (Å²) in [4.78, 5) is 46.2. The third-order valence-corrected chi connectivity index (χ3v) is 6.91. The molecule has 9 heteroatoms. The van der Waals surface area contributed by atoms with Gasteiger partial charge < -0.3 is 14.9 Å². The van der Waals surface area contributed by atoms with Gasteiger partial charge in [0.1, 0.15) is 6.04 Å². The first-order valence-electron chi connectivity index (χ1n) is 12.8. The molecule has 0 radical (unpaired) electrons. The van der Waals surface area contributed by atoms with E-state index >= 15 is 0 Å². The molecule has 1 aliphatic rings. The van der Waals surface area contributed by atoms with Crippen LogP contribution in [0.4, 0.5) is 32.3 Å². The van der Waals surface area contributed by atoms with E-state index in [1.54, 1.807) is 53.4 Å². The van der Waals surface area contributed by atoms with E-state index in [1.807, 2.05) is 66.7 Å². The number of carbonyl (C=O) groups is 3. The second kappa shape index (κ2) is 11.9. The number of hydrogen-bond acceptors (Lipinski definition) is 3. The van der Waals surface area contributed by atoms with Gasteiger partial charge in [-0.15, -0.1) is 0 Å². The number of para-hydroxylation sites is 3. The van der Waals surface area contributed by atoms with E-state index in [9.17, 15) is 19.5 Å². The number of rotatable bonds is 5. The second-order valence-corrected chi connectivity index (χ2v) is 9.65. The Kier molecular flexibility index (Phi) is 7.98. The maximum atomic E-state index is 14.0. The summed E-state index contributed by atoms with van der Waals surface area (Å²) in [5.41, 5.74) is 2.38. The van der Waals surface area contributed by atoms with E-state index in [0.29, 0.717) is 27.8 Å². The van der Waals surface area contributed by atoms with Crippen molar-refractivity contribution in [2.24, 2.45) is 0 Å². The molecule has 0 saturated carbocycles. The molecule has 4 aromatic carbocycles. The molecule has 202 valence electrons. The van der Waals surface area contributed by atoms with E-state index < -0.39 is 18.0 Å². The van der Waals surface area contributed by atoms with Gasteiger partial charge in [-0.05, 0) is 54.6 Å². The predicted molar refractivity (Wildman–Crippen MR) is 156 cm³/mol. The third kappa shape index (κ3) is 5.62. The molecule has 1 heterocycles. The van der Waals surface area contributed by atoms with E-state index in [1.165, 1.54) is 14.7 Å².